The van der Waals surface area contributed by atoms with Crippen molar-refractivity contribution >= 4 is 40.2 Å². The number of aromatic amines is 1. The quantitative estimate of drug-likeness (QED) is 0.385. The van der Waals surface area contributed by atoms with Gasteiger partial charge in [-0.25, -0.2) is 18.3 Å². The smallest absolute Gasteiger partial charge is 0.339 e. The number of hydrogen-bond acceptors (Lipinski definition) is 5. The number of anilines is 2. The summed E-state index contributed by atoms with van der Waals surface area (Å²) in [5.41, 5.74) is 1.06. The van der Waals surface area contributed by atoms with Gasteiger partial charge in [-0.05, 0) is 18.2 Å². The minimum atomic E-state index is -2.52. The lowest BCUT2D eigenvalue weighted by molar-refractivity contribution is 0.0694. The van der Waals surface area contributed by atoms with E-state index < -0.39 is 23.0 Å². The minimum absolute atomic E-state index is 0.0931. The van der Waals surface area contributed by atoms with Crippen molar-refractivity contribution in [1.82, 2.24) is 15.2 Å². The highest BCUT2D eigenvalue weighted by Crippen LogP contribution is 2.35. The highest BCUT2D eigenvalue weighted by Gasteiger charge is 2.20. The van der Waals surface area contributed by atoms with Gasteiger partial charge in [0.2, 0.25) is 0 Å². The summed E-state index contributed by atoms with van der Waals surface area (Å²) in [6, 6.07) is 5.02. The molecule has 0 aliphatic rings. The van der Waals surface area contributed by atoms with E-state index in [1.165, 1.54) is 24.5 Å². The Kier molecular flexibility index (Phi) is 4.89. The van der Waals surface area contributed by atoms with Crippen molar-refractivity contribution in [2.24, 2.45) is 0 Å². The lowest BCUT2D eigenvalue weighted by Crippen LogP contribution is -2.19. The molecular formula is C15H11ClN4O5S. The SMILES string of the molecule is O=C(O)c1ccc(N(c2cnc(Cl)c(-c3cn[nH]c3)c2)S(=O)O)cc1O. The van der Waals surface area contributed by atoms with Gasteiger partial charge < -0.3 is 10.2 Å². The summed E-state index contributed by atoms with van der Waals surface area (Å²) in [6.45, 7) is 0. The van der Waals surface area contributed by atoms with Gasteiger partial charge in [0.1, 0.15) is 16.5 Å². The molecule has 2 aromatic heterocycles. The number of halogens is 1. The minimum Gasteiger partial charge on any atom is -0.507 e. The lowest BCUT2D eigenvalue weighted by atomic mass is 10.1. The zero-order chi connectivity index (χ0) is 18.8. The number of carbonyl (C=O) groups is 1. The predicted octanol–water partition coefficient (Wildman–Crippen LogP) is 2.80. The molecule has 0 fully saturated rings. The summed E-state index contributed by atoms with van der Waals surface area (Å²) < 4.78 is 22.5. The number of rotatable bonds is 5. The fourth-order valence-electron chi connectivity index (χ4n) is 2.31. The van der Waals surface area contributed by atoms with Gasteiger partial charge in [0.25, 0.3) is 11.3 Å². The van der Waals surface area contributed by atoms with E-state index in [1.807, 2.05) is 0 Å². The average Bonchev–Trinajstić information content (AvgIpc) is 3.10. The molecule has 3 aromatic rings. The molecule has 0 saturated heterocycles. The molecule has 134 valence electrons. The molecule has 11 heteroatoms. The molecule has 0 saturated carbocycles. The summed E-state index contributed by atoms with van der Waals surface area (Å²) in [7, 11) is 0. The third-order valence-corrected chi connectivity index (χ3v) is 4.51. The second-order valence-corrected chi connectivity index (χ2v) is 6.24. The molecule has 0 radical (unpaired) electrons. The van der Waals surface area contributed by atoms with Gasteiger partial charge in [-0.3, -0.25) is 9.65 Å². The van der Waals surface area contributed by atoms with Crippen LogP contribution in [0, 0.1) is 0 Å². The molecule has 3 rings (SSSR count). The first-order valence-electron chi connectivity index (χ1n) is 7.00. The summed E-state index contributed by atoms with van der Waals surface area (Å²) in [5, 5.41) is 25.5. The van der Waals surface area contributed by atoms with Gasteiger partial charge in [-0.15, -0.1) is 0 Å². The topological polar surface area (TPSA) is 140 Å². The summed E-state index contributed by atoms with van der Waals surface area (Å²) in [4.78, 5) is 15.0. The monoisotopic (exact) mass is 394 g/mol. The second-order valence-electron chi connectivity index (χ2n) is 5.05. The third-order valence-electron chi connectivity index (χ3n) is 3.47. The predicted molar refractivity (Wildman–Crippen MR) is 94.8 cm³/mol. The molecule has 1 atom stereocenters. The first kappa shape index (κ1) is 17.9. The van der Waals surface area contributed by atoms with Crippen LogP contribution < -0.4 is 4.31 Å². The van der Waals surface area contributed by atoms with Crippen LogP contribution in [0.3, 0.4) is 0 Å². The van der Waals surface area contributed by atoms with Gasteiger partial charge in [0, 0.05) is 23.4 Å². The van der Waals surface area contributed by atoms with Crippen LogP contribution in [-0.2, 0) is 11.3 Å². The molecule has 0 aliphatic carbocycles. The van der Waals surface area contributed by atoms with Gasteiger partial charge >= 0.3 is 5.97 Å². The molecule has 0 bridgehead atoms. The summed E-state index contributed by atoms with van der Waals surface area (Å²) in [6.07, 6.45) is 4.38. The van der Waals surface area contributed by atoms with Crippen LogP contribution in [0.5, 0.6) is 5.75 Å². The van der Waals surface area contributed by atoms with Crippen LogP contribution in [0.2, 0.25) is 5.15 Å². The molecule has 1 unspecified atom stereocenters. The van der Waals surface area contributed by atoms with Crippen molar-refractivity contribution in [2.45, 2.75) is 0 Å². The normalized spacial score (nSPS) is 11.9. The Morgan fingerprint density at radius 3 is 2.58 bits per heavy atom. The Morgan fingerprint density at radius 2 is 2.00 bits per heavy atom. The summed E-state index contributed by atoms with van der Waals surface area (Å²) >= 11 is 3.56. The van der Waals surface area contributed by atoms with E-state index in [4.69, 9.17) is 16.7 Å². The fourth-order valence-corrected chi connectivity index (χ4v) is 3.09. The van der Waals surface area contributed by atoms with E-state index in [0.29, 0.717) is 11.1 Å². The zero-order valence-corrected chi connectivity index (χ0v) is 14.4. The van der Waals surface area contributed by atoms with Crippen LogP contribution in [0.15, 0.2) is 42.9 Å². The molecule has 0 amide bonds. The molecule has 1 aromatic carbocycles. The fraction of sp³-hybridized carbons (Fsp3) is 0. The van der Waals surface area contributed by atoms with E-state index in [2.05, 4.69) is 15.2 Å². The van der Waals surface area contributed by atoms with E-state index >= 15 is 0 Å². The van der Waals surface area contributed by atoms with Crippen molar-refractivity contribution in [3.05, 3.63) is 53.6 Å². The first-order valence-corrected chi connectivity index (χ1v) is 8.44. The van der Waals surface area contributed by atoms with E-state index in [0.717, 1.165) is 16.4 Å². The number of carboxylic acids is 1. The number of benzene rings is 1. The van der Waals surface area contributed by atoms with E-state index in [-0.39, 0.29) is 22.1 Å². The Morgan fingerprint density at radius 1 is 1.23 bits per heavy atom. The van der Waals surface area contributed by atoms with Crippen molar-refractivity contribution in [3.8, 4) is 16.9 Å². The van der Waals surface area contributed by atoms with Gasteiger partial charge in [-0.2, -0.15) is 5.10 Å². The van der Waals surface area contributed by atoms with Crippen LogP contribution in [0.4, 0.5) is 11.4 Å². The number of nitrogens with one attached hydrogen (secondary N) is 1. The Balaban J connectivity index is 2.10. The molecular weight excluding hydrogens is 384 g/mol. The molecule has 0 aliphatic heterocycles. The maximum absolute atomic E-state index is 11.9. The molecule has 0 spiro atoms. The Labute approximate surface area is 154 Å². The van der Waals surface area contributed by atoms with Gasteiger partial charge in [0.05, 0.1) is 23.8 Å². The lowest BCUT2D eigenvalue weighted by Gasteiger charge is -2.21. The number of pyridine rings is 1. The molecule has 26 heavy (non-hydrogen) atoms. The van der Waals surface area contributed by atoms with Gasteiger partial charge in [-0.1, -0.05) is 11.6 Å². The number of aromatic carboxylic acids is 1. The van der Waals surface area contributed by atoms with Crippen molar-refractivity contribution in [1.29, 1.82) is 0 Å². The largest absolute Gasteiger partial charge is 0.507 e. The third kappa shape index (κ3) is 3.38. The average molecular weight is 395 g/mol. The number of aromatic hydroxyl groups is 1. The van der Waals surface area contributed by atoms with Crippen LogP contribution in [0.1, 0.15) is 10.4 Å². The molecule has 9 nitrogen and oxygen atoms in total. The number of carboxylic acid groups (broad SMARTS) is 1. The first-order chi connectivity index (χ1) is 12.4. The standard InChI is InChI=1S/C15H11ClN4O5S/c16-14-12(8-5-18-19-6-8)3-10(7-17-14)20(26(24)25)9-1-2-11(15(22)23)13(21)4-9/h1-7,21H,(H,18,19)(H,22,23)(H,24,25). The van der Waals surface area contributed by atoms with Crippen LogP contribution in [0.25, 0.3) is 11.1 Å². The number of phenols is 1. The highest BCUT2D eigenvalue weighted by molar-refractivity contribution is 7.81. The Hall–Kier alpha value is -2.95. The van der Waals surface area contributed by atoms with Crippen LogP contribution in [-0.4, -0.2) is 40.1 Å². The van der Waals surface area contributed by atoms with E-state index in [1.54, 1.807) is 6.20 Å². The maximum Gasteiger partial charge on any atom is 0.339 e. The van der Waals surface area contributed by atoms with Crippen molar-refractivity contribution < 1.29 is 23.8 Å². The van der Waals surface area contributed by atoms with Gasteiger partial charge in [0.15, 0.2) is 0 Å². The molecule has 4 N–H and O–H groups in total. The highest BCUT2D eigenvalue weighted by atomic mass is 35.5. The Bertz CT molecular complexity index is 996. The number of nitrogens with zero attached hydrogens (tertiary/aromatic N) is 3. The number of aromatic nitrogens is 3. The molecule has 2 heterocycles. The second kappa shape index (κ2) is 7.12. The van der Waals surface area contributed by atoms with Crippen molar-refractivity contribution in [3.63, 3.8) is 0 Å². The summed E-state index contributed by atoms with van der Waals surface area (Å²) in [5.74, 6) is -1.86. The number of hydrogen-bond donors (Lipinski definition) is 4. The maximum atomic E-state index is 11.9. The van der Waals surface area contributed by atoms with E-state index in [9.17, 15) is 18.7 Å². The van der Waals surface area contributed by atoms with Crippen LogP contribution >= 0.6 is 11.6 Å². The zero-order valence-electron chi connectivity index (χ0n) is 12.8. The van der Waals surface area contributed by atoms with Crippen molar-refractivity contribution in [2.75, 3.05) is 4.31 Å². The number of H-pyrrole nitrogens is 1.